The summed E-state index contributed by atoms with van der Waals surface area (Å²) in [7, 11) is 0. The molecule has 148 valence electrons. The Morgan fingerprint density at radius 3 is 2.39 bits per heavy atom. The molecule has 1 amide bonds. The molecule has 0 atom stereocenters. The minimum Gasteiger partial charge on any atom is -0.444 e. The third-order valence-corrected chi connectivity index (χ3v) is 4.77. The molecule has 6 nitrogen and oxygen atoms in total. The van der Waals surface area contributed by atoms with Crippen molar-refractivity contribution in [3.63, 3.8) is 0 Å². The van der Waals surface area contributed by atoms with E-state index in [0.29, 0.717) is 25.1 Å². The fourth-order valence-electron chi connectivity index (χ4n) is 3.47. The minimum atomic E-state index is -0.502. The summed E-state index contributed by atoms with van der Waals surface area (Å²) < 4.78 is 7.61. The molecular weight excluding hydrogens is 352 g/mol. The summed E-state index contributed by atoms with van der Waals surface area (Å²) in [6, 6.07) is 10.0. The number of hydrogen-bond acceptors (Lipinski definition) is 4. The summed E-state index contributed by atoms with van der Waals surface area (Å²) in [6.07, 6.45) is 1.17. The van der Waals surface area contributed by atoms with Crippen molar-refractivity contribution in [2.24, 2.45) is 0 Å². The number of carbonyl (C=O) groups is 1. The Bertz CT molecular complexity index is 898. The zero-order valence-corrected chi connectivity index (χ0v) is 17.3. The minimum absolute atomic E-state index is 0.222. The number of aromatic nitrogens is 2. The average Bonchev–Trinajstić information content (AvgIpc) is 2.86. The van der Waals surface area contributed by atoms with Crippen LogP contribution in [0.5, 0.6) is 0 Å². The number of fused-ring (bicyclic) bond motifs is 1. The van der Waals surface area contributed by atoms with Gasteiger partial charge in [-0.05, 0) is 53.2 Å². The lowest BCUT2D eigenvalue weighted by Gasteiger charge is -2.26. The highest BCUT2D eigenvalue weighted by atomic mass is 16.6. The lowest BCUT2D eigenvalue weighted by molar-refractivity contribution is 0.0258. The van der Waals surface area contributed by atoms with E-state index < -0.39 is 5.60 Å². The first kappa shape index (κ1) is 19.9. The van der Waals surface area contributed by atoms with Crippen LogP contribution in [-0.4, -0.2) is 39.5 Å². The number of hydrogen-bond donors (Lipinski definition) is 0. The normalized spacial score (nSPS) is 14.4. The molecule has 6 heteroatoms. The second-order valence-electron chi connectivity index (χ2n) is 8.47. The monoisotopic (exact) mass is 380 g/mol. The molecule has 0 spiro atoms. The van der Waals surface area contributed by atoms with Crippen molar-refractivity contribution in [1.82, 2.24) is 14.7 Å². The van der Waals surface area contributed by atoms with Crippen molar-refractivity contribution in [3.8, 4) is 17.3 Å². The Labute approximate surface area is 166 Å². The van der Waals surface area contributed by atoms with Crippen molar-refractivity contribution in [2.45, 2.75) is 59.1 Å². The molecule has 3 rings (SSSR count). The SMILES string of the molecule is CC(C)n1nc2c(c1-c1ccc(C#N)cc1)CCN(C(=O)OC(C)(C)C)CC2. The number of nitriles is 1. The zero-order valence-electron chi connectivity index (χ0n) is 17.3. The van der Waals surface area contributed by atoms with Crippen LogP contribution < -0.4 is 0 Å². The van der Waals surface area contributed by atoms with Crippen LogP contribution in [0.1, 0.15) is 57.5 Å². The summed E-state index contributed by atoms with van der Waals surface area (Å²) in [5.41, 5.74) is 4.50. The van der Waals surface area contributed by atoms with Crippen LogP contribution in [0, 0.1) is 11.3 Å². The van der Waals surface area contributed by atoms with E-state index in [9.17, 15) is 4.79 Å². The highest BCUT2D eigenvalue weighted by molar-refractivity contribution is 5.69. The third kappa shape index (κ3) is 4.19. The van der Waals surface area contributed by atoms with Crippen LogP contribution in [0.25, 0.3) is 11.3 Å². The molecule has 0 N–H and O–H groups in total. The average molecular weight is 380 g/mol. The van der Waals surface area contributed by atoms with E-state index in [2.05, 4.69) is 24.6 Å². The second kappa shape index (κ2) is 7.67. The van der Waals surface area contributed by atoms with E-state index in [1.54, 1.807) is 4.90 Å². The van der Waals surface area contributed by atoms with Gasteiger partial charge in [-0.15, -0.1) is 0 Å². The van der Waals surface area contributed by atoms with Crippen molar-refractivity contribution in [3.05, 3.63) is 41.1 Å². The van der Waals surface area contributed by atoms with E-state index in [1.807, 2.05) is 45.0 Å². The Morgan fingerprint density at radius 2 is 1.82 bits per heavy atom. The number of rotatable bonds is 2. The molecule has 1 aliphatic rings. The topological polar surface area (TPSA) is 71.2 Å². The van der Waals surface area contributed by atoms with Crippen LogP contribution >= 0.6 is 0 Å². The predicted octanol–water partition coefficient (Wildman–Crippen LogP) is 4.34. The first-order valence-corrected chi connectivity index (χ1v) is 9.78. The van der Waals surface area contributed by atoms with Gasteiger partial charge in [-0.3, -0.25) is 4.68 Å². The highest BCUT2D eigenvalue weighted by Gasteiger charge is 2.28. The molecule has 1 aromatic carbocycles. The van der Waals surface area contributed by atoms with Crippen molar-refractivity contribution >= 4 is 6.09 Å². The third-order valence-electron chi connectivity index (χ3n) is 4.77. The number of benzene rings is 1. The second-order valence-corrected chi connectivity index (χ2v) is 8.47. The first-order chi connectivity index (χ1) is 13.2. The number of ether oxygens (including phenoxy) is 1. The van der Waals surface area contributed by atoms with Crippen LogP contribution in [0.2, 0.25) is 0 Å². The van der Waals surface area contributed by atoms with E-state index in [1.165, 1.54) is 5.56 Å². The first-order valence-electron chi connectivity index (χ1n) is 9.78. The largest absolute Gasteiger partial charge is 0.444 e. The van der Waals surface area contributed by atoms with Crippen LogP contribution in [-0.2, 0) is 17.6 Å². The van der Waals surface area contributed by atoms with Gasteiger partial charge in [-0.25, -0.2) is 4.79 Å². The van der Waals surface area contributed by atoms with Crippen LogP contribution in [0.4, 0.5) is 4.79 Å². The van der Waals surface area contributed by atoms with E-state index >= 15 is 0 Å². The number of carbonyl (C=O) groups excluding carboxylic acids is 1. The molecule has 28 heavy (non-hydrogen) atoms. The van der Waals surface area contributed by atoms with Gasteiger partial charge in [0.1, 0.15) is 5.60 Å². The molecule has 0 aliphatic carbocycles. The van der Waals surface area contributed by atoms with Crippen molar-refractivity contribution in [1.29, 1.82) is 5.26 Å². The van der Waals surface area contributed by atoms with Gasteiger partial charge < -0.3 is 9.64 Å². The smallest absolute Gasteiger partial charge is 0.410 e. The molecule has 0 saturated heterocycles. The van der Waals surface area contributed by atoms with Gasteiger partial charge in [0.2, 0.25) is 0 Å². The van der Waals surface area contributed by atoms with Crippen LogP contribution in [0.3, 0.4) is 0 Å². The summed E-state index contributed by atoms with van der Waals surface area (Å²) in [4.78, 5) is 14.3. The summed E-state index contributed by atoms with van der Waals surface area (Å²) in [5.74, 6) is 0. The van der Waals surface area contributed by atoms with Gasteiger partial charge in [-0.2, -0.15) is 10.4 Å². The summed E-state index contributed by atoms with van der Waals surface area (Å²) in [5, 5.41) is 13.9. The van der Waals surface area contributed by atoms with Crippen molar-refractivity contribution in [2.75, 3.05) is 13.1 Å². The zero-order chi connectivity index (χ0) is 20.5. The van der Waals surface area contributed by atoms with Gasteiger partial charge in [0, 0.05) is 36.7 Å². The highest BCUT2D eigenvalue weighted by Crippen LogP contribution is 2.31. The van der Waals surface area contributed by atoms with Crippen LogP contribution in [0.15, 0.2) is 24.3 Å². The Morgan fingerprint density at radius 1 is 1.18 bits per heavy atom. The van der Waals surface area contributed by atoms with Gasteiger partial charge in [0.15, 0.2) is 0 Å². The molecule has 2 aromatic rings. The van der Waals surface area contributed by atoms with Crippen molar-refractivity contribution < 1.29 is 9.53 Å². The number of amides is 1. The maximum atomic E-state index is 12.5. The molecule has 1 aromatic heterocycles. The lowest BCUT2D eigenvalue weighted by Crippen LogP contribution is -2.38. The maximum Gasteiger partial charge on any atom is 0.410 e. The van der Waals surface area contributed by atoms with Gasteiger partial charge in [0.25, 0.3) is 0 Å². The molecule has 1 aliphatic heterocycles. The fraction of sp³-hybridized carbons (Fsp3) is 0.500. The molecule has 0 bridgehead atoms. The Balaban J connectivity index is 1.92. The van der Waals surface area contributed by atoms with E-state index in [-0.39, 0.29) is 12.1 Å². The maximum absolute atomic E-state index is 12.5. The molecule has 0 unspecified atom stereocenters. The standard InChI is InChI=1S/C22H28N4O2/c1-15(2)26-20(17-8-6-16(14-23)7-9-17)18-10-12-25(13-11-19(18)24-26)21(27)28-22(3,4)5/h6-9,15H,10-13H2,1-5H3. The Kier molecular flexibility index (Phi) is 5.46. The molecule has 2 heterocycles. The summed E-state index contributed by atoms with van der Waals surface area (Å²) in [6.45, 7) is 11.1. The lowest BCUT2D eigenvalue weighted by atomic mass is 10.0. The molecule has 0 radical (unpaired) electrons. The molecule has 0 saturated carbocycles. The van der Waals surface area contributed by atoms with Gasteiger partial charge >= 0.3 is 6.09 Å². The predicted molar refractivity (Wildman–Crippen MR) is 108 cm³/mol. The quantitative estimate of drug-likeness (QED) is 0.777. The fourth-order valence-corrected chi connectivity index (χ4v) is 3.47. The van der Waals surface area contributed by atoms with Gasteiger partial charge in [-0.1, -0.05) is 12.1 Å². The van der Waals surface area contributed by atoms with Gasteiger partial charge in [0.05, 0.1) is 23.0 Å². The van der Waals surface area contributed by atoms with E-state index in [0.717, 1.165) is 23.4 Å². The Hall–Kier alpha value is -2.81. The molecular formula is C22H28N4O2. The molecule has 0 fully saturated rings. The number of nitrogens with zero attached hydrogens (tertiary/aromatic N) is 4. The van der Waals surface area contributed by atoms with E-state index in [4.69, 9.17) is 15.1 Å². The summed E-state index contributed by atoms with van der Waals surface area (Å²) >= 11 is 0.